The molecule has 4 rings (SSSR count). The van der Waals surface area contributed by atoms with Crippen molar-refractivity contribution >= 4 is 44.4 Å². The molecule has 2 aromatic carbocycles. The van der Waals surface area contributed by atoms with E-state index in [4.69, 9.17) is 0 Å². The number of para-hydroxylation sites is 1. The van der Waals surface area contributed by atoms with Gasteiger partial charge in [0.1, 0.15) is 0 Å². The van der Waals surface area contributed by atoms with Crippen molar-refractivity contribution < 1.29 is 4.79 Å². The second-order valence-electron chi connectivity index (χ2n) is 6.05. The Morgan fingerprint density at radius 3 is 2.70 bits per heavy atom. The van der Waals surface area contributed by atoms with Crippen LogP contribution in [0, 0.1) is 6.92 Å². The van der Waals surface area contributed by atoms with Crippen LogP contribution in [0.4, 0.5) is 5.13 Å². The van der Waals surface area contributed by atoms with Gasteiger partial charge >= 0.3 is 0 Å². The van der Waals surface area contributed by atoms with E-state index >= 15 is 0 Å². The zero-order chi connectivity index (χ0) is 18.8. The van der Waals surface area contributed by atoms with Crippen LogP contribution in [0.25, 0.3) is 21.6 Å². The average Bonchev–Trinajstić information content (AvgIpc) is 3.23. The number of nitrogens with one attached hydrogen (secondary N) is 1. The van der Waals surface area contributed by atoms with Gasteiger partial charge in [0.2, 0.25) is 5.91 Å². The minimum absolute atomic E-state index is 0.112. The molecule has 1 amide bonds. The molecule has 0 atom stereocenters. The fourth-order valence-corrected chi connectivity index (χ4v) is 4.20. The Kier molecular flexibility index (Phi) is 4.91. The molecule has 1 N–H and O–H groups in total. The maximum absolute atomic E-state index is 12.3. The number of carbonyl (C=O) groups excluding carboxylic acids is 1. The van der Waals surface area contributed by atoms with Gasteiger partial charge < -0.3 is 9.88 Å². The topological polar surface area (TPSA) is 72.7 Å². The summed E-state index contributed by atoms with van der Waals surface area (Å²) < 4.78 is 2.96. The summed E-state index contributed by atoms with van der Waals surface area (Å²) in [6.07, 6.45) is 0. The number of aryl methyl sites for hydroxylation is 1. The Bertz CT molecular complexity index is 1070. The van der Waals surface area contributed by atoms with Crippen molar-refractivity contribution in [2.24, 2.45) is 7.05 Å². The normalized spacial score (nSPS) is 11.0. The SMILES string of the molecule is Cc1ccc(-c2nnc(SCC(=O)Nc3nc4ccccc4s3)n2C)cc1. The summed E-state index contributed by atoms with van der Waals surface area (Å²) in [7, 11) is 1.91. The standard InChI is InChI=1S/C19H17N5OS2/c1-12-7-9-13(10-8-12)17-22-23-19(24(17)2)26-11-16(25)21-18-20-14-5-3-4-6-15(14)27-18/h3-10H,11H2,1-2H3,(H,20,21,25). The van der Waals surface area contributed by atoms with Crippen LogP contribution in [-0.2, 0) is 11.8 Å². The summed E-state index contributed by atoms with van der Waals surface area (Å²) in [6.45, 7) is 2.05. The van der Waals surface area contributed by atoms with Crippen molar-refractivity contribution in [3.63, 3.8) is 0 Å². The predicted molar refractivity (Wildman–Crippen MR) is 110 cm³/mol. The number of benzene rings is 2. The highest BCUT2D eigenvalue weighted by Gasteiger charge is 2.14. The molecule has 0 saturated carbocycles. The summed E-state index contributed by atoms with van der Waals surface area (Å²) in [5.74, 6) is 0.915. The van der Waals surface area contributed by atoms with Crippen molar-refractivity contribution in [3.05, 3.63) is 54.1 Å². The number of thioether (sulfide) groups is 1. The number of amides is 1. The van der Waals surface area contributed by atoms with E-state index in [9.17, 15) is 4.79 Å². The lowest BCUT2D eigenvalue weighted by atomic mass is 10.1. The maximum Gasteiger partial charge on any atom is 0.236 e. The average molecular weight is 396 g/mol. The van der Waals surface area contributed by atoms with E-state index in [0.29, 0.717) is 10.3 Å². The summed E-state index contributed by atoms with van der Waals surface area (Å²) in [5, 5.41) is 12.6. The fraction of sp³-hybridized carbons (Fsp3) is 0.158. The first-order valence-corrected chi connectivity index (χ1v) is 10.1. The first-order chi connectivity index (χ1) is 13.1. The molecule has 2 heterocycles. The molecule has 6 nitrogen and oxygen atoms in total. The third-order valence-corrected chi connectivity index (χ3v) is 5.99. The highest BCUT2D eigenvalue weighted by molar-refractivity contribution is 7.99. The lowest BCUT2D eigenvalue weighted by Crippen LogP contribution is -2.14. The highest BCUT2D eigenvalue weighted by atomic mass is 32.2. The van der Waals surface area contributed by atoms with Gasteiger partial charge in [0.25, 0.3) is 0 Å². The number of rotatable bonds is 5. The van der Waals surface area contributed by atoms with Crippen LogP contribution in [0.5, 0.6) is 0 Å². The molecule has 136 valence electrons. The van der Waals surface area contributed by atoms with Gasteiger partial charge in [-0.3, -0.25) is 4.79 Å². The Labute approximate surface area is 164 Å². The van der Waals surface area contributed by atoms with Gasteiger partial charge in [0.15, 0.2) is 16.1 Å². The van der Waals surface area contributed by atoms with Gasteiger partial charge in [-0.05, 0) is 19.1 Å². The molecule has 0 spiro atoms. The van der Waals surface area contributed by atoms with Crippen LogP contribution in [-0.4, -0.2) is 31.4 Å². The van der Waals surface area contributed by atoms with E-state index in [1.54, 1.807) is 0 Å². The van der Waals surface area contributed by atoms with Crippen LogP contribution in [0.1, 0.15) is 5.56 Å². The van der Waals surface area contributed by atoms with Gasteiger partial charge in [-0.2, -0.15) is 0 Å². The molecule has 0 aliphatic heterocycles. The minimum atomic E-state index is -0.112. The highest BCUT2D eigenvalue weighted by Crippen LogP contribution is 2.26. The Balaban J connectivity index is 1.41. The monoisotopic (exact) mass is 395 g/mol. The number of anilines is 1. The fourth-order valence-electron chi connectivity index (χ4n) is 2.61. The molecule has 0 fully saturated rings. The van der Waals surface area contributed by atoms with Crippen LogP contribution in [0.15, 0.2) is 53.7 Å². The van der Waals surface area contributed by atoms with Gasteiger partial charge in [-0.1, -0.05) is 65.1 Å². The van der Waals surface area contributed by atoms with E-state index in [-0.39, 0.29) is 11.7 Å². The smallest absolute Gasteiger partial charge is 0.236 e. The number of aromatic nitrogens is 4. The number of hydrogen-bond donors (Lipinski definition) is 1. The lowest BCUT2D eigenvalue weighted by Gasteiger charge is -2.04. The Hall–Kier alpha value is -2.71. The minimum Gasteiger partial charge on any atom is -0.305 e. The molecule has 0 bridgehead atoms. The lowest BCUT2D eigenvalue weighted by molar-refractivity contribution is -0.113. The summed E-state index contributed by atoms with van der Waals surface area (Å²) in [6, 6.07) is 15.9. The quantitative estimate of drug-likeness (QED) is 0.514. The molecular weight excluding hydrogens is 378 g/mol. The van der Waals surface area contributed by atoms with Crippen molar-refractivity contribution in [1.29, 1.82) is 0 Å². The molecular formula is C19H17N5OS2. The Morgan fingerprint density at radius 1 is 1.15 bits per heavy atom. The molecule has 0 radical (unpaired) electrons. The largest absolute Gasteiger partial charge is 0.305 e. The number of nitrogens with zero attached hydrogens (tertiary/aromatic N) is 4. The number of hydrogen-bond acceptors (Lipinski definition) is 6. The van der Waals surface area contributed by atoms with Gasteiger partial charge in [0.05, 0.1) is 16.0 Å². The molecule has 8 heteroatoms. The van der Waals surface area contributed by atoms with Crippen molar-refractivity contribution in [2.45, 2.75) is 12.1 Å². The summed E-state index contributed by atoms with van der Waals surface area (Å²) >= 11 is 2.82. The number of thiazole rings is 1. The van der Waals surface area contributed by atoms with Gasteiger partial charge in [-0.25, -0.2) is 4.98 Å². The van der Waals surface area contributed by atoms with E-state index in [2.05, 4.69) is 20.5 Å². The second kappa shape index (κ2) is 7.50. The molecule has 2 aromatic heterocycles. The van der Waals surface area contributed by atoms with E-state index in [1.807, 2.05) is 67.1 Å². The van der Waals surface area contributed by atoms with E-state index < -0.39 is 0 Å². The summed E-state index contributed by atoms with van der Waals surface area (Å²) in [5.41, 5.74) is 3.09. The molecule has 0 saturated heterocycles. The maximum atomic E-state index is 12.3. The van der Waals surface area contributed by atoms with E-state index in [1.165, 1.54) is 28.7 Å². The third-order valence-electron chi connectivity index (χ3n) is 4.02. The molecule has 0 aliphatic rings. The second-order valence-corrected chi connectivity index (χ2v) is 8.03. The first-order valence-electron chi connectivity index (χ1n) is 8.35. The van der Waals surface area contributed by atoms with Gasteiger partial charge in [0, 0.05) is 12.6 Å². The number of fused-ring (bicyclic) bond motifs is 1. The van der Waals surface area contributed by atoms with Crippen molar-refractivity contribution in [3.8, 4) is 11.4 Å². The Morgan fingerprint density at radius 2 is 1.93 bits per heavy atom. The van der Waals surface area contributed by atoms with Crippen LogP contribution >= 0.6 is 23.1 Å². The molecule has 27 heavy (non-hydrogen) atoms. The predicted octanol–water partition coefficient (Wildman–Crippen LogP) is 4.13. The van der Waals surface area contributed by atoms with Crippen molar-refractivity contribution in [1.82, 2.24) is 19.7 Å². The van der Waals surface area contributed by atoms with Crippen LogP contribution in [0.3, 0.4) is 0 Å². The van der Waals surface area contributed by atoms with Crippen LogP contribution < -0.4 is 5.32 Å². The third kappa shape index (κ3) is 3.86. The zero-order valence-corrected chi connectivity index (χ0v) is 16.5. The van der Waals surface area contributed by atoms with Crippen LogP contribution in [0.2, 0.25) is 0 Å². The van der Waals surface area contributed by atoms with Gasteiger partial charge in [-0.15, -0.1) is 10.2 Å². The van der Waals surface area contributed by atoms with E-state index in [0.717, 1.165) is 21.6 Å². The van der Waals surface area contributed by atoms with Crippen molar-refractivity contribution in [2.75, 3.05) is 11.1 Å². The molecule has 4 aromatic rings. The molecule has 0 unspecified atom stereocenters. The zero-order valence-electron chi connectivity index (χ0n) is 14.8. The molecule has 0 aliphatic carbocycles. The number of carbonyl (C=O) groups is 1. The summed E-state index contributed by atoms with van der Waals surface area (Å²) in [4.78, 5) is 16.7. The first kappa shape index (κ1) is 17.7.